The number of hydrogen-bond donors (Lipinski definition) is 0. The van der Waals surface area contributed by atoms with E-state index >= 15 is 0 Å². The van der Waals surface area contributed by atoms with Gasteiger partial charge in [-0.2, -0.15) is 0 Å². The Morgan fingerprint density at radius 3 is 2.36 bits per heavy atom. The van der Waals surface area contributed by atoms with Crippen LogP contribution in [0.2, 0.25) is 5.15 Å². The van der Waals surface area contributed by atoms with E-state index < -0.39 is 5.82 Å². The maximum Gasteiger partial charge on any atom is 0.256 e. The molecule has 3 rings (SSSR count). The van der Waals surface area contributed by atoms with Crippen LogP contribution in [0.4, 0.5) is 4.39 Å². The van der Waals surface area contributed by atoms with E-state index in [0.29, 0.717) is 38.2 Å². The Morgan fingerprint density at radius 2 is 1.68 bits per heavy atom. The van der Waals surface area contributed by atoms with E-state index in [0.717, 1.165) is 0 Å². The fraction of sp³-hybridized carbons (Fsp3) is 0.278. The van der Waals surface area contributed by atoms with Crippen molar-refractivity contribution in [2.24, 2.45) is 0 Å². The fourth-order valence-electron chi connectivity index (χ4n) is 2.85. The van der Waals surface area contributed by atoms with E-state index in [1.165, 1.54) is 24.4 Å². The molecule has 2 heterocycles. The van der Waals surface area contributed by atoms with Crippen molar-refractivity contribution in [1.29, 1.82) is 0 Å². The minimum Gasteiger partial charge on any atom is -0.337 e. The van der Waals surface area contributed by atoms with Gasteiger partial charge in [-0.1, -0.05) is 23.7 Å². The largest absolute Gasteiger partial charge is 0.337 e. The first-order chi connectivity index (χ1) is 12.1. The molecule has 2 aromatic rings. The number of halogens is 2. The molecule has 1 aromatic carbocycles. The van der Waals surface area contributed by atoms with E-state index in [4.69, 9.17) is 11.6 Å². The van der Waals surface area contributed by atoms with Crippen molar-refractivity contribution in [1.82, 2.24) is 14.8 Å². The van der Waals surface area contributed by atoms with Gasteiger partial charge < -0.3 is 9.80 Å². The van der Waals surface area contributed by atoms with Gasteiger partial charge in [-0.15, -0.1) is 0 Å². The van der Waals surface area contributed by atoms with E-state index in [-0.39, 0.29) is 22.5 Å². The monoisotopic (exact) mass is 361 g/mol. The Kier molecular flexibility index (Phi) is 5.28. The molecule has 0 radical (unpaired) electrons. The average molecular weight is 362 g/mol. The second kappa shape index (κ2) is 7.61. The number of aromatic nitrogens is 1. The predicted molar refractivity (Wildman–Crippen MR) is 92.1 cm³/mol. The molecule has 25 heavy (non-hydrogen) atoms. The molecule has 1 aliphatic rings. The molecule has 1 aliphatic heterocycles. The molecule has 0 saturated carbocycles. The normalized spacial score (nSPS) is 15.0. The maximum absolute atomic E-state index is 13.8. The number of amides is 2. The highest BCUT2D eigenvalue weighted by Gasteiger charge is 2.24. The number of pyridine rings is 1. The van der Waals surface area contributed by atoms with E-state index in [1.54, 1.807) is 28.0 Å². The lowest BCUT2D eigenvalue weighted by molar-refractivity contribution is 0.0716. The van der Waals surface area contributed by atoms with Crippen molar-refractivity contribution in [3.63, 3.8) is 0 Å². The highest BCUT2D eigenvalue weighted by molar-refractivity contribution is 6.29. The first-order valence-electron chi connectivity index (χ1n) is 8.01. The zero-order chi connectivity index (χ0) is 17.8. The summed E-state index contributed by atoms with van der Waals surface area (Å²) in [5, 5.41) is 0.261. The van der Waals surface area contributed by atoms with Crippen LogP contribution in [-0.4, -0.2) is 52.8 Å². The molecule has 7 heteroatoms. The summed E-state index contributed by atoms with van der Waals surface area (Å²) in [6.07, 6.45) is 2.12. The molecule has 0 aliphatic carbocycles. The molecule has 5 nitrogen and oxygen atoms in total. The quantitative estimate of drug-likeness (QED) is 0.773. The third-order valence-corrected chi connectivity index (χ3v) is 4.35. The third kappa shape index (κ3) is 3.96. The summed E-state index contributed by atoms with van der Waals surface area (Å²) in [7, 11) is 0. The number of nitrogens with zero attached hydrogens (tertiary/aromatic N) is 3. The van der Waals surface area contributed by atoms with Gasteiger partial charge in [0, 0.05) is 37.9 Å². The van der Waals surface area contributed by atoms with Crippen LogP contribution in [0.25, 0.3) is 0 Å². The molecule has 1 saturated heterocycles. The summed E-state index contributed by atoms with van der Waals surface area (Å²) in [6, 6.07) is 9.07. The van der Waals surface area contributed by atoms with Crippen LogP contribution in [0.1, 0.15) is 27.1 Å². The summed E-state index contributed by atoms with van der Waals surface area (Å²) in [6.45, 7) is 1.75. The first kappa shape index (κ1) is 17.4. The van der Waals surface area contributed by atoms with Crippen molar-refractivity contribution in [2.75, 3.05) is 26.2 Å². The number of hydrogen-bond acceptors (Lipinski definition) is 3. The number of benzene rings is 1. The second-order valence-corrected chi connectivity index (χ2v) is 6.17. The predicted octanol–water partition coefficient (Wildman–Crippen LogP) is 2.86. The Hall–Kier alpha value is -2.47. The van der Waals surface area contributed by atoms with Gasteiger partial charge in [0.25, 0.3) is 11.8 Å². The molecular formula is C18H17ClFN3O2. The standard InChI is InChI=1S/C18H17ClFN3O2/c19-16-12-13(6-7-21-16)17(24)22-8-3-9-23(11-10-22)18(25)14-4-1-2-5-15(14)20/h1-2,4-7,12H,3,8-11H2. The SMILES string of the molecule is O=C(c1ccnc(Cl)c1)N1CCCN(C(=O)c2ccccc2F)CC1. The highest BCUT2D eigenvalue weighted by atomic mass is 35.5. The van der Waals surface area contributed by atoms with Gasteiger partial charge in [0.1, 0.15) is 11.0 Å². The van der Waals surface area contributed by atoms with E-state index in [1.807, 2.05) is 0 Å². The average Bonchev–Trinajstić information content (AvgIpc) is 2.87. The molecule has 0 unspecified atom stereocenters. The van der Waals surface area contributed by atoms with Crippen LogP contribution in [0.3, 0.4) is 0 Å². The minimum atomic E-state index is -0.531. The molecule has 0 N–H and O–H groups in total. The summed E-state index contributed by atoms with van der Waals surface area (Å²) in [5.41, 5.74) is 0.525. The summed E-state index contributed by atoms with van der Waals surface area (Å²) in [4.78, 5) is 32.2. The lowest BCUT2D eigenvalue weighted by atomic mass is 10.2. The number of carbonyl (C=O) groups is 2. The van der Waals surface area contributed by atoms with Gasteiger partial charge in [0.2, 0.25) is 0 Å². The zero-order valence-electron chi connectivity index (χ0n) is 13.5. The highest BCUT2D eigenvalue weighted by Crippen LogP contribution is 2.15. The van der Waals surface area contributed by atoms with Gasteiger partial charge >= 0.3 is 0 Å². The molecule has 2 amide bonds. The maximum atomic E-state index is 13.8. The van der Waals surface area contributed by atoms with Gasteiger partial charge in [-0.05, 0) is 30.7 Å². The van der Waals surface area contributed by atoms with Crippen molar-refractivity contribution in [3.05, 3.63) is 64.7 Å². The Balaban J connectivity index is 1.69. The van der Waals surface area contributed by atoms with Crippen molar-refractivity contribution < 1.29 is 14.0 Å². The van der Waals surface area contributed by atoms with Crippen molar-refractivity contribution in [2.45, 2.75) is 6.42 Å². The molecule has 0 bridgehead atoms. The van der Waals surface area contributed by atoms with Crippen LogP contribution in [0.5, 0.6) is 0 Å². The van der Waals surface area contributed by atoms with Gasteiger partial charge in [-0.3, -0.25) is 9.59 Å². The van der Waals surface area contributed by atoms with Gasteiger partial charge in [-0.25, -0.2) is 9.37 Å². The summed E-state index contributed by atoms with van der Waals surface area (Å²) >= 11 is 5.84. The zero-order valence-corrected chi connectivity index (χ0v) is 14.2. The molecule has 0 atom stereocenters. The second-order valence-electron chi connectivity index (χ2n) is 5.79. The lowest BCUT2D eigenvalue weighted by Crippen LogP contribution is -2.37. The molecule has 1 fully saturated rings. The summed E-state index contributed by atoms with van der Waals surface area (Å²) < 4.78 is 13.8. The fourth-order valence-corrected chi connectivity index (χ4v) is 3.02. The number of rotatable bonds is 2. The Bertz CT molecular complexity index is 799. The Labute approximate surface area is 150 Å². The first-order valence-corrected chi connectivity index (χ1v) is 8.38. The molecular weight excluding hydrogens is 345 g/mol. The number of carbonyl (C=O) groups excluding carboxylic acids is 2. The smallest absolute Gasteiger partial charge is 0.256 e. The Morgan fingerprint density at radius 1 is 1.00 bits per heavy atom. The molecule has 130 valence electrons. The molecule has 1 aromatic heterocycles. The topological polar surface area (TPSA) is 53.5 Å². The molecule has 0 spiro atoms. The van der Waals surface area contributed by atoms with Gasteiger partial charge in [0.05, 0.1) is 5.56 Å². The van der Waals surface area contributed by atoms with Crippen molar-refractivity contribution in [3.8, 4) is 0 Å². The van der Waals surface area contributed by atoms with Crippen LogP contribution >= 0.6 is 11.6 Å². The van der Waals surface area contributed by atoms with Crippen molar-refractivity contribution >= 4 is 23.4 Å². The minimum absolute atomic E-state index is 0.0585. The lowest BCUT2D eigenvalue weighted by Gasteiger charge is -2.22. The third-order valence-electron chi connectivity index (χ3n) is 4.15. The van der Waals surface area contributed by atoms with Crippen LogP contribution < -0.4 is 0 Å². The van der Waals surface area contributed by atoms with Crippen LogP contribution in [0, 0.1) is 5.82 Å². The van der Waals surface area contributed by atoms with E-state index in [9.17, 15) is 14.0 Å². The summed E-state index contributed by atoms with van der Waals surface area (Å²) in [5.74, 6) is -1.03. The van der Waals surface area contributed by atoms with Crippen LogP contribution in [-0.2, 0) is 0 Å². The van der Waals surface area contributed by atoms with Crippen LogP contribution in [0.15, 0.2) is 42.6 Å². The van der Waals surface area contributed by atoms with E-state index in [2.05, 4.69) is 4.98 Å². The van der Waals surface area contributed by atoms with Gasteiger partial charge in [0.15, 0.2) is 0 Å².